The molecule has 2 N–H and O–H groups in total. The van der Waals surface area contributed by atoms with Crippen molar-refractivity contribution in [1.82, 2.24) is 10.6 Å². The minimum absolute atomic E-state index is 0.0356. The van der Waals surface area contributed by atoms with Crippen LogP contribution in [0.2, 0.25) is 0 Å². The highest BCUT2D eigenvalue weighted by Gasteiger charge is 2.55. The van der Waals surface area contributed by atoms with Crippen molar-refractivity contribution >= 4 is 49.8 Å². The third-order valence-electron chi connectivity index (χ3n) is 9.73. The molecule has 7 atom stereocenters. The molecule has 4 aliphatic carbocycles. The minimum atomic E-state index is -4.20. The fourth-order valence-corrected chi connectivity index (χ4v) is 8.30. The molecule has 45 heavy (non-hydrogen) atoms. The van der Waals surface area contributed by atoms with E-state index < -0.39 is 57.6 Å². The van der Waals surface area contributed by atoms with Gasteiger partial charge >= 0.3 is 12.1 Å². The number of alkyl carbamates (subject to hydrolysis) is 1. The molecular weight excluding hydrogens is 668 g/mol. The number of hydrogen-bond donors (Lipinski definition) is 2. The minimum Gasteiger partial charge on any atom is -0.467 e. The zero-order chi connectivity index (χ0) is 32.4. The number of ether oxygens (including phenoxy) is 2. The van der Waals surface area contributed by atoms with Crippen molar-refractivity contribution in [3.8, 4) is 0 Å². The van der Waals surface area contributed by atoms with Crippen LogP contribution in [0.4, 0.5) is 4.79 Å². The summed E-state index contributed by atoms with van der Waals surface area (Å²) in [7, 11) is -2.95. The molecule has 1 aromatic carbocycles. The summed E-state index contributed by atoms with van der Waals surface area (Å²) in [6.07, 6.45) is 5.71. The Balaban J connectivity index is 1.33. The summed E-state index contributed by atoms with van der Waals surface area (Å²) in [6, 6.07) is 5.06. The van der Waals surface area contributed by atoms with Gasteiger partial charge in [0.15, 0.2) is 5.78 Å². The largest absolute Gasteiger partial charge is 0.467 e. The molecule has 4 fully saturated rings. The molecule has 1 aromatic rings. The lowest BCUT2D eigenvalue weighted by Crippen LogP contribution is -2.50. The Bertz CT molecular complexity index is 1370. The van der Waals surface area contributed by atoms with Crippen LogP contribution < -0.4 is 10.6 Å². The summed E-state index contributed by atoms with van der Waals surface area (Å²) >= 11 is 3.29. The molecule has 0 saturated heterocycles. The van der Waals surface area contributed by atoms with Crippen LogP contribution in [0, 0.1) is 23.7 Å². The molecular formula is C32H43BrN2O9S. The molecule has 0 bridgehead atoms. The van der Waals surface area contributed by atoms with Gasteiger partial charge in [-0.3, -0.25) is 13.8 Å². The van der Waals surface area contributed by atoms with Gasteiger partial charge in [-0.05, 0) is 87.5 Å². The van der Waals surface area contributed by atoms with E-state index in [1.54, 1.807) is 12.1 Å². The van der Waals surface area contributed by atoms with E-state index in [1.807, 2.05) is 0 Å². The lowest BCUT2D eigenvalue weighted by atomic mass is 9.86. The van der Waals surface area contributed by atoms with Crippen molar-refractivity contribution in [2.24, 2.45) is 23.7 Å². The molecule has 13 heteroatoms. The van der Waals surface area contributed by atoms with Gasteiger partial charge in [0, 0.05) is 10.4 Å². The summed E-state index contributed by atoms with van der Waals surface area (Å²) in [5.41, 5.74) is -1.15. The summed E-state index contributed by atoms with van der Waals surface area (Å²) in [5, 5.41) is 5.56. The van der Waals surface area contributed by atoms with Crippen molar-refractivity contribution < 1.29 is 41.3 Å². The molecule has 0 aromatic heterocycles. The maximum absolute atomic E-state index is 14.2. The number of carbonyl (C=O) groups is 4. The van der Waals surface area contributed by atoms with Crippen LogP contribution in [0.25, 0.3) is 0 Å². The second-order valence-corrected chi connectivity index (χ2v) is 15.6. The number of methoxy groups -OCH3 is 1. The Morgan fingerprint density at radius 1 is 0.933 bits per heavy atom. The van der Waals surface area contributed by atoms with Crippen LogP contribution in [0.3, 0.4) is 0 Å². The number of carbonyl (C=O) groups excluding carboxylic acids is 4. The van der Waals surface area contributed by atoms with Crippen LogP contribution in [0.15, 0.2) is 33.6 Å². The SMILES string of the molecule is CCCCCC[C@H](NC(=O)OC1C[C@@H]2C[C@@H]2C1)C(=O)C1CC(OS(=O)(=O)c2ccc(Br)cc2)C[C@H]1C(=O)NC1(C(=O)OC)CC1. The third kappa shape index (κ3) is 8.26. The van der Waals surface area contributed by atoms with Crippen molar-refractivity contribution in [3.63, 3.8) is 0 Å². The topological polar surface area (TPSA) is 154 Å². The van der Waals surface area contributed by atoms with E-state index in [0.29, 0.717) is 42.0 Å². The second-order valence-electron chi connectivity index (χ2n) is 13.1. The zero-order valence-corrected chi connectivity index (χ0v) is 28.2. The summed E-state index contributed by atoms with van der Waals surface area (Å²) in [5.74, 6) is -2.14. The molecule has 4 saturated carbocycles. The number of Topliss-reactive ketones (excluding diaryl/α,β-unsaturated/α-hetero) is 1. The normalized spacial score (nSPS) is 28.4. The third-order valence-corrected chi connectivity index (χ3v) is 11.6. The van der Waals surface area contributed by atoms with Gasteiger partial charge in [-0.1, -0.05) is 48.5 Å². The molecule has 0 radical (unpaired) electrons. The van der Waals surface area contributed by atoms with Gasteiger partial charge < -0.3 is 20.1 Å². The number of nitrogens with one attached hydrogen (secondary N) is 2. The van der Waals surface area contributed by atoms with Crippen LogP contribution in [-0.2, 0) is 38.2 Å². The van der Waals surface area contributed by atoms with E-state index in [2.05, 4.69) is 33.5 Å². The number of rotatable bonds is 15. The number of benzene rings is 1. The highest BCUT2D eigenvalue weighted by atomic mass is 79.9. The Hall–Kier alpha value is -2.51. The maximum atomic E-state index is 14.2. The first-order valence-electron chi connectivity index (χ1n) is 16.0. The Morgan fingerprint density at radius 2 is 1.60 bits per heavy atom. The van der Waals surface area contributed by atoms with Crippen LogP contribution in [-0.4, -0.2) is 63.1 Å². The summed E-state index contributed by atoms with van der Waals surface area (Å²) < 4.78 is 43.1. The van der Waals surface area contributed by atoms with Crippen LogP contribution >= 0.6 is 15.9 Å². The molecule has 0 spiro atoms. The first-order chi connectivity index (χ1) is 21.4. The molecule has 4 aliphatic rings. The highest BCUT2D eigenvalue weighted by molar-refractivity contribution is 9.10. The monoisotopic (exact) mass is 710 g/mol. The number of ketones is 1. The lowest BCUT2D eigenvalue weighted by molar-refractivity contribution is -0.147. The van der Waals surface area contributed by atoms with Crippen molar-refractivity contribution in [2.75, 3.05) is 7.11 Å². The number of halogens is 1. The number of fused-ring (bicyclic) bond motifs is 1. The highest BCUT2D eigenvalue weighted by Crippen LogP contribution is 2.52. The molecule has 0 aliphatic heterocycles. The van der Waals surface area contributed by atoms with Crippen LogP contribution in [0.5, 0.6) is 0 Å². The van der Waals surface area contributed by atoms with Gasteiger partial charge in [0.1, 0.15) is 11.6 Å². The van der Waals surface area contributed by atoms with E-state index in [1.165, 1.54) is 25.7 Å². The van der Waals surface area contributed by atoms with Crippen molar-refractivity contribution in [3.05, 3.63) is 28.7 Å². The summed E-state index contributed by atoms with van der Waals surface area (Å²) in [4.78, 5) is 53.2. The molecule has 0 heterocycles. The predicted octanol–water partition coefficient (Wildman–Crippen LogP) is 4.80. The molecule has 2 amide bonds. The van der Waals surface area contributed by atoms with Crippen molar-refractivity contribution in [1.29, 1.82) is 0 Å². The quantitative estimate of drug-likeness (QED) is 0.148. The predicted molar refractivity (Wildman–Crippen MR) is 166 cm³/mol. The van der Waals surface area contributed by atoms with Gasteiger partial charge in [-0.2, -0.15) is 8.42 Å². The van der Waals surface area contributed by atoms with Gasteiger partial charge in [0.2, 0.25) is 5.91 Å². The number of esters is 1. The van der Waals surface area contributed by atoms with Gasteiger partial charge in [-0.25, -0.2) is 9.59 Å². The zero-order valence-electron chi connectivity index (χ0n) is 25.8. The van der Waals surface area contributed by atoms with E-state index in [-0.39, 0.29) is 29.6 Å². The summed E-state index contributed by atoms with van der Waals surface area (Å²) in [6.45, 7) is 2.08. The van der Waals surface area contributed by atoms with E-state index in [9.17, 15) is 27.6 Å². The molecule has 11 nitrogen and oxygen atoms in total. The average molecular weight is 712 g/mol. The van der Waals surface area contributed by atoms with Gasteiger partial charge in [-0.15, -0.1) is 0 Å². The average Bonchev–Trinajstić information content (AvgIpc) is 3.86. The first-order valence-corrected chi connectivity index (χ1v) is 18.2. The fourth-order valence-electron chi connectivity index (χ4n) is 6.94. The number of unbranched alkanes of at least 4 members (excludes halogenated alkanes) is 3. The number of amides is 2. The molecule has 5 rings (SSSR count). The second kappa shape index (κ2) is 14.1. The van der Waals surface area contributed by atoms with E-state index in [4.69, 9.17) is 13.7 Å². The van der Waals surface area contributed by atoms with Gasteiger partial charge in [0.25, 0.3) is 10.1 Å². The standard InChI is InChI=1S/C32H43BrN2O9S/c1-3-4-5-6-7-27(34-31(39)43-22-15-19-14-20(19)16-22)28(36)25-17-23(44-45(40,41)24-10-8-21(33)9-11-24)18-26(25)29(37)35-32(12-13-32)30(38)42-2/h8-11,19-20,22-23,25-27H,3-7,12-18H2,1-2H3,(H,34,39)(H,35,37)/t19-,20+,22?,23?,25?,26-,27+/m1/s1. The smallest absolute Gasteiger partial charge is 0.407 e. The molecule has 3 unspecified atom stereocenters. The Morgan fingerprint density at radius 3 is 2.22 bits per heavy atom. The fraction of sp³-hybridized carbons (Fsp3) is 0.688. The first kappa shape index (κ1) is 33.8. The van der Waals surface area contributed by atoms with E-state index in [0.717, 1.165) is 32.1 Å². The van der Waals surface area contributed by atoms with E-state index >= 15 is 0 Å². The Kier molecular flexibility index (Phi) is 10.6. The van der Waals surface area contributed by atoms with Crippen LogP contribution in [0.1, 0.15) is 84.0 Å². The van der Waals surface area contributed by atoms with Crippen molar-refractivity contribution in [2.45, 2.75) is 113 Å². The lowest BCUT2D eigenvalue weighted by Gasteiger charge is -2.26. The Labute approximate surface area is 273 Å². The van der Waals surface area contributed by atoms with Gasteiger partial charge in [0.05, 0.1) is 30.1 Å². The maximum Gasteiger partial charge on any atom is 0.407 e. The number of hydrogen-bond acceptors (Lipinski definition) is 9. The molecule has 248 valence electrons.